The summed E-state index contributed by atoms with van der Waals surface area (Å²) in [7, 11) is 0. The van der Waals surface area contributed by atoms with Crippen LogP contribution in [0, 0.1) is 0 Å². The summed E-state index contributed by atoms with van der Waals surface area (Å²) >= 11 is 0. The van der Waals surface area contributed by atoms with E-state index < -0.39 is 0 Å². The van der Waals surface area contributed by atoms with Gasteiger partial charge in [0.05, 0.1) is 12.1 Å². The maximum atomic E-state index is 12.5. The number of rotatable bonds is 4. The quantitative estimate of drug-likeness (QED) is 0.878. The Morgan fingerprint density at radius 1 is 1.48 bits per heavy atom. The highest BCUT2D eigenvalue weighted by molar-refractivity contribution is 5.74. The average Bonchev–Trinajstić information content (AvgIpc) is 3.14. The molecule has 0 bridgehead atoms. The van der Waals surface area contributed by atoms with Crippen molar-refractivity contribution >= 4 is 6.03 Å². The smallest absolute Gasteiger partial charge is 0.317 e. The Labute approximate surface area is 137 Å². The van der Waals surface area contributed by atoms with Gasteiger partial charge in [0, 0.05) is 45.2 Å². The summed E-state index contributed by atoms with van der Waals surface area (Å²) in [6, 6.07) is 0.145. The van der Waals surface area contributed by atoms with Gasteiger partial charge in [-0.3, -0.25) is 4.90 Å². The van der Waals surface area contributed by atoms with Gasteiger partial charge in [0.2, 0.25) is 0 Å². The molecule has 1 aromatic heterocycles. The molecule has 2 saturated heterocycles. The first-order chi connectivity index (χ1) is 11.3. The lowest BCUT2D eigenvalue weighted by molar-refractivity contribution is 0.0168. The van der Waals surface area contributed by atoms with Gasteiger partial charge < -0.3 is 19.9 Å². The molecule has 2 atom stereocenters. The van der Waals surface area contributed by atoms with Crippen LogP contribution in [0.15, 0.2) is 12.4 Å². The summed E-state index contributed by atoms with van der Waals surface area (Å²) in [5, 5.41) is 3.03. The number of piperazine rings is 1. The molecule has 0 aliphatic carbocycles. The molecule has 7 heteroatoms. The highest BCUT2D eigenvalue weighted by atomic mass is 16.5. The molecule has 2 aliphatic rings. The number of carbonyl (C=O) groups is 1. The zero-order valence-electron chi connectivity index (χ0n) is 13.8. The van der Waals surface area contributed by atoms with Gasteiger partial charge in [-0.05, 0) is 25.8 Å². The maximum absolute atomic E-state index is 12.5. The number of aromatic amines is 1. The van der Waals surface area contributed by atoms with Crippen molar-refractivity contribution in [3.8, 4) is 0 Å². The topological polar surface area (TPSA) is 73.5 Å². The molecular formula is C16H27N5O2. The number of hydrogen-bond donors (Lipinski definition) is 2. The number of nitrogens with zero attached hydrogens (tertiary/aromatic N) is 3. The zero-order valence-corrected chi connectivity index (χ0v) is 13.8. The van der Waals surface area contributed by atoms with E-state index in [1.54, 1.807) is 6.20 Å². The van der Waals surface area contributed by atoms with Gasteiger partial charge in [0.1, 0.15) is 5.82 Å². The van der Waals surface area contributed by atoms with Crippen molar-refractivity contribution in [1.29, 1.82) is 0 Å². The van der Waals surface area contributed by atoms with E-state index >= 15 is 0 Å². The van der Waals surface area contributed by atoms with Crippen molar-refractivity contribution in [2.24, 2.45) is 0 Å². The summed E-state index contributed by atoms with van der Waals surface area (Å²) in [6.07, 6.45) is 7.14. The Kier molecular flexibility index (Phi) is 5.51. The molecule has 2 amide bonds. The minimum atomic E-state index is 0.00600. The number of H-pyrrole nitrogens is 1. The van der Waals surface area contributed by atoms with Crippen LogP contribution in [-0.4, -0.2) is 71.2 Å². The third-order valence-electron chi connectivity index (χ3n) is 4.77. The van der Waals surface area contributed by atoms with E-state index in [-0.39, 0.29) is 18.2 Å². The van der Waals surface area contributed by atoms with Crippen LogP contribution < -0.4 is 5.32 Å². The molecule has 0 unspecified atom stereocenters. The predicted octanol–water partition coefficient (Wildman–Crippen LogP) is 1.37. The van der Waals surface area contributed by atoms with Crippen LogP contribution in [-0.2, 0) is 4.74 Å². The van der Waals surface area contributed by atoms with Crippen LogP contribution in [0.3, 0.4) is 0 Å². The summed E-state index contributed by atoms with van der Waals surface area (Å²) < 4.78 is 5.67. The number of likely N-dealkylation sites (N-methyl/N-ethyl adjacent to an activating group) is 1. The van der Waals surface area contributed by atoms with E-state index in [4.69, 9.17) is 4.74 Å². The van der Waals surface area contributed by atoms with E-state index in [1.807, 2.05) is 11.1 Å². The molecule has 7 nitrogen and oxygen atoms in total. The molecule has 2 N–H and O–H groups in total. The van der Waals surface area contributed by atoms with Crippen LogP contribution in [0.25, 0.3) is 0 Å². The summed E-state index contributed by atoms with van der Waals surface area (Å²) in [4.78, 5) is 24.3. The number of hydrogen-bond acceptors (Lipinski definition) is 4. The Balaban J connectivity index is 1.54. The number of amides is 2. The van der Waals surface area contributed by atoms with Crippen molar-refractivity contribution in [2.75, 3.05) is 39.3 Å². The number of nitrogens with one attached hydrogen (secondary N) is 2. The van der Waals surface area contributed by atoms with Crippen molar-refractivity contribution in [3.05, 3.63) is 18.2 Å². The Bertz CT molecular complexity index is 487. The van der Waals surface area contributed by atoms with Gasteiger partial charge in [-0.1, -0.05) is 6.92 Å². The number of imidazole rings is 1. The van der Waals surface area contributed by atoms with Crippen LogP contribution in [0.4, 0.5) is 4.79 Å². The van der Waals surface area contributed by atoms with Crippen LogP contribution >= 0.6 is 0 Å². The van der Waals surface area contributed by atoms with Gasteiger partial charge in [-0.2, -0.15) is 0 Å². The molecule has 23 heavy (non-hydrogen) atoms. The lowest BCUT2D eigenvalue weighted by atomic mass is 10.1. The molecule has 2 fully saturated rings. The highest BCUT2D eigenvalue weighted by Gasteiger charge is 2.31. The fourth-order valence-electron chi connectivity index (χ4n) is 3.38. The van der Waals surface area contributed by atoms with Gasteiger partial charge in [0.25, 0.3) is 0 Å². The third kappa shape index (κ3) is 4.03. The van der Waals surface area contributed by atoms with E-state index in [1.165, 1.54) is 6.42 Å². The summed E-state index contributed by atoms with van der Waals surface area (Å²) in [6.45, 7) is 6.81. The van der Waals surface area contributed by atoms with E-state index in [9.17, 15) is 4.79 Å². The zero-order chi connectivity index (χ0) is 16.1. The van der Waals surface area contributed by atoms with Crippen molar-refractivity contribution < 1.29 is 9.53 Å². The van der Waals surface area contributed by atoms with Gasteiger partial charge >= 0.3 is 6.03 Å². The molecule has 128 valence electrons. The summed E-state index contributed by atoms with van der Waals surface area (Å²) in [5.74, 6) is 0.931. The lowest BCUT2D eigenvalue weighted by Crippen LogP contribution is -2.54. The first kappa shape index (κ1) is 16.3. The van der Waals surface area contributed by atoms with E-state index in [2.05, 4.69) is 27.1 Å². The van der Waals surface area contributed by atoms with Crippen molar-refractivity contribution in [2.45, 2.75) is 38.3 Å². The SMILES string of the molecule is CCN1CCN(C(=O)NC[C@H]2CCCCO2)C[C@@H]1c1ncc[nH]1. The standard InChI is InChI=1S/C16H27N5O2/c1-2-20-8-9-21(12-14(20)15-17-6-7-18-15)16(22)19-11-13-5-3-4-10-23-13/h6-7,13-14H,2-5,8-12H2,1H3,(H,17,18)(H,19,22)/t13-,14-/m1/s1. The predicted molar refractivity (Wildman–Crippen MR) is 87.1 cm³/mol. The molecule has 3 heterocycles. The monoisotopic (exact) mass is 321 g/mol. The first-order valence-corrected chi connectivity index (χ1v) is 8.65. The number of carbonyl (C=O) groups excluding carboxylic acids is 1. The van der Waals surface area contributed by atoms with Crippen molar-refractivity contribution in [1.82, 2.24) is 25.1 Å². The minimum absolute atomic E-state index is 0.00600. The average molecular weight is 321 g/mol. The molecule has 0 aromatic carbocycles. The Hall–Kier alpha value is -1.60. The molecular weight excluding hydrogens is 294 g/mol. The fraction of sp³-hybridized carbons (Fsp3) is 0.750. The van der Waals surface area contributed by atoms with Gasteiger partial charge in [-0.15, -0.1) is 0 Å². The fourth-order valence-corrected chi connectivity index (χ4v) is 3.38. The molecule has 3 rings (SSSR count). The molecule has 0 spiro atoms. The summed E-state index contributed by atoms with van der Waals surface area (Å²) in [5.41, 5.74) is 0. The number of urea groups is 1. The molecule has 0 saturated carbocycles. The van der Waals surface area contributed by atoms with Crippen molar-refractivity contribution in [3.63, 3.8) is 0 Å². The normalized spacial score (nSPS) is 26.2. The Morgan fingerprint density at radius 3 is 3.09 bits per heavy atom. The van der Waals surface area contributed by atoms with Crippen LogP contribution in [0.5, 0.6) is 0 Å². The highest BCUT2D eigenvalue weighted by Crippen LogP contribution is 2.22. The van der Waals surface area contributed by atoms with E-state index in [0.717, 1.165) is 44.9 Å². The molecule has 2 aliphatic heterocycles. The second-order valence-corrected chi connectivity index (χ2v) is 6.24. The van der Waals surface area contributed by atoms with Crippen LogP contribution in [0.1, 0.15) is 38.1 Å². The lowest BCUT2D eigenvalue weighted by Gasteiger charge is -2.40. The van der Waals surface area contributed by atoms with Gasteiger partial charge in [0.15, 0.2) is 0 Å². The largest absolute Gasteiger partial charge is 0.376 e. The maximum Gasteiger partial charge on any atom is 0.317 e. The second-order valence-electron chi connectivity index (χ2n) is 6.24. The Morgan fingerprint density at radius 2 is 2.39 bits per heavy atom. The molecule has 0 radical (unpaired) electrons. The first-order valence-electron chi connectivity index (χ1n) is 8.65. The van der Waals surface area contributed by atoms with Crippen LogP contribution in [0.2, 0.25) is 0 Å². The minimum Gasteiger partial charge on any atom is -0.376 e. The van der Waals surface area contributed by atoms with E-state index in [0.29, 0.717) is 13.1 Å². The third-order valence-corrected chi connectivity index (χ3v) is 4.77. The number of aromatic nitrogens is 2. The second kappa shape index (κ2) is 7.79. The van der Waals surface area contributed by atoms with Gasteiger partial charge in [-0.25, -0.2) is 9.78 Å². The molecule has 1 aromatic rings. The number of ether oxygens (including phenoxy) is 1.